The molecular formula is C13H18N2O. The molecule has 86 valence electrons. The molecule has 0 radical (unpaired) electrons. The van der Waals surface area contributed by atoms with Gasteiger partial charge in [0, 0.05) is 30.0 Å². The van der Waals surface area contributed by atoms with E-state index in [0.717, 1.165) is 18.1 Å². The van der Waals surface area contributed by atoms with Gasteiger partial charge < -0.3 is 14.7 Å². The summed E-state index contributed by atoms with van der Waals surface area (Å²) in [5.74, 6) is 1.98. The van der Waals surface area contributed by atoms with Gasteiger partial charge in [0.25, 0.3) is 0 Å². The Labute approximate surface area is 95.9 Å². The lowest BCUT2D eigenvalue weighted by atomic mass is 10.1. The van der Waals surface area contributed by atoms with E-state index in [0.29, 0.717) is 6.04 Å². The molecule has 3 nitrogen and oxygen atoms in total. The van der Waals surface area contributed by atoms with E-state index in [1.165, 1.54) is 11.3 Å². The Morgan fingerprint density at radius 2 is 2.25 bits per heavy atom. The zero-order valence-corrected chi connectivity index (χ0v) is 10.0. The van der Waals surface area contributed by atoms with Gasteiger partial charge in [-0.15, -0.1) is 0 Å². The van der Waals surface area contributed by atoms with E-state index in [1.54, 1.807) is 0 Å². The maximum atomic E-state index is 5.52. The minimum Gasteiger partial charge on any atom is -0.466 e. The van der Waals surface area contributed by atoms with Crippen LogP contribution in [0.4, 0.5) is 0 Å². The van der Waals surface area contributed by atoms with E-state index in [1.807, 2.05) is 26.1 Å². The first-order valence-corrected chi connectivity index (χ1v) is 5.59. The average molecular weight is 218 g/mol. The molecule has 1 atom stereocenters. The third kappa shape index (κ3) is 2.36. The molecule has 0 spiro atoms. The van der Waals surface area contributed by atoms with Crippen LogP contribution in [0.5, 0.6) is 0 Å². The van der Waals surface area contributed by atoms with Gasteiger partial charge in [-0.05, 0) is 39.0 Å². The van der Waals surface area contributed by atoms with Crippen LogP contribution in [-0.2, 0) is 6.54 Å². The molecule has 0 aromatic carbocycles. The van der Waals surface area contributed by atoms with Crippen LogP contribution in [0.1, 0.15) is 35.7 Å². The highest BCUT2D eigenvalue weighted by molar-refractivity contribution is 5.23. The third-order valence-corrected chi connectivity index (χ3v) is 2.81. The Bertz CT molecular complexity index is 442. The molecule has 0 saturated carbocycles. The number of aromatic nitrogens is 1. The second-order valence-corrected chi connectivity index (χ2v) is 4.17. The summed E-state index contributed by atoms with van der Waals surface area (Å²) in [4.78, 5) is 3.18. The predicted molar refractivity (Wildman–Crippen MR) is 64.2 cm³/mol. The number of aryl methyl sites for hydroxylation is 2. The number of hydrogen-bond acceptors (Lipinski definition) is 2. The third-order valence-electron chi connectivity index (χ3n) is 2.81. The summed E-state index contributed by atoms with van der Waals surface area (Å²) in [7, 11) is 0. The number of aromatic amines is 1. The van der Waals surface area contributed by atoms with Crippen LogP contribution in [0.3, 0.4) is 0 Å². The van der Waals surface area contributed by atoms with E-state index in [4.69, 9.17) is 4.42 Å². The van der Waals surface area contributed by atoms with Gasteiger partial charge in [0.1, 0.15) is 11.5 Å². The molecule has 0 amide bonds. The molecule has 1 unspecified atom stereocenters. The number of rotatable bonds is 4. The molecule has 3 heteroatoms. The topological polar surface area (TPSA) is 41.0 Å². The van der Waals surface area contributed by atoms with Crippen LogP contribution in [0, 0.1) is 13.8 Å². The van der Waals surface area contributed by atoms with Crippen molar-refractivity contribution in [3.8, 4) is 0 Å². The summed E-state index contributed by atoms with van der Waals surface area (Å²) in [6.07, 6.45) is 1.94. The highest BCUT2D eigenvalue weighted by Crippen LogP contribution is 2.21. The Hall–Kier alpha value is -1.48. The maximum Gasteiger partial charge on any atom is 0.105 e. The summed E-state index contributed by atoms with van der Waals surface area (Å²) < 4.78 is 5.52. The standard InChI is InChI=1S/C13H18N2O/c1-9-7-13(11(3)16-9)10(2)15-8-12-5-4-6-14-12/h4-7,10,14-15H,8H2,1-3H3. The molecule has 16 heavy (non-hydrogen) atoms. The van der Waals surface area contributed by atoms with Crippen LogP contribution in [-0.4, -0.2) is 4.98 Å². The van der Waals surface area contributed by atoms with Gasteiger partial charge in [-0.1, -0.05) is 0 Å². The number of H-pyrrole nitrogens is 1. The fourth-order valence-corrected chi connectivity index (χ4v) is 1.93. The summed E-state index contributed by atoms with van der Waals surface area (Å²) in [5, 5.41) is 3.46. The van der Waals surface area contributed by atoms with Gasteiger partial charge in [0.15, 0.2) is 0 Å². The average Bonchev–Trinajstić information content (AvgIpc) is 2.84. The van der Waals surface area contributed by atoms with E-state index < -0.39 is 0 Å². The molecule has 0 bridgehead atoms. The largest absolute Gasteiger partial charge is 0.466 e. The summed E-state index contributed by atoms with van der Waals surface area (Å²) in [5.41, 5.74) is 2.44. The predicted octanol–water partition coefficient (Wildman–Crippen LogP) is 3.08. The van der Waals surface area contributed by atoms with Gasteiger partial charge in [0.2, 0.25) is 0 Å². The summed E-state index contributed by atoms with van der Waals surface area (Å²) in [6.45, 7) is 6.99. The molecular weight excluding hydrogens is 200 g/mol. The summed E-state index contributed by atoms with van der Waals surface area (Å²) >= 11 is 0. The molecule has 0 fully saturated rings. The van der Waals surface area contributed by atoms with Crippen LogP contribution >= 0.6 is 0 Å². The molecule has 0 aliphatic carbocycles. The Balaban J connectivity index is 1.98. The Morgan fingerprint density at radius 3 is 2.81 bits per heavy atom. The lowest BCUT2D eigenvalue weighted by Gasteiger charge is -2.12. The lowest BCUT2D eigenvalue weighted by Crippen LogP contribution is -2.18. The van der Waals surface area contributed by atoms with Crippen LogP contribution in [0.15, 0.2) is 28.8 Å². The van der Waals surface area contributed by atoms with Crippen molar-refractivity contribution >= 4 is 0 Å². The zero-order valence-electron chi connectivity index (χ0n) is 10.0. The number of hydrogen-bond donors (Lipinski definition) is 2. The smallest absolute Gasteiger partial charge is 0.105 e. The maximum absolute atomic E-state index is 5.52. The minimum absolute atomic E-state index is 0.306. The van der Waals surface area contributed by atoms with Crippen LogP contribution in [0.25, 0.3) is 0 Å². The second-order valence-electron chi connectivity index (χ2n) is 4.17. The van der Waals surface area contributed by atoms with Gasteiger partial charge in [-0.2, -0.15) is 0 Å². The normalized spacial score (nSPS) is 12.9. The quantitative estimate of drug-likeness (QED) is 0.828. The van der Waals surface area contributed by atoms with Crippen LogP contribution < -0.4 is 5.32 Å². The molecule has 0 saturated heterocycles. The van der Waals surface area contributed by atoms with Crippen molar-refractivity contribution in [3.05, 3.63) is 47.2 Å². The van der Waals surface area contributed by atoms with Crippen molar-refractivity contribution < 1.29 is 4.42 Å². The van der Waals surface area contributed by atoms with Gasteiger partial charge >= 0.3 is 0 Å². The highest BCUT2D eigenvalue weighted by atomic mass is 16.3. The van der Waals surface area contributed by atoms with Crippen molar-refractivity contribution in [3.63, 3.8) is 0 Å². The van der Waals surface area contributed by atoms with Crippen molar-refractivity contribution in [1.82, 2.24) is 10.3 Å². The lowest BCUT2D eigenvalue weighted by molar-refractivity contribution is 0.489. The first-order valence-electron chi connectivity index (χ1n) is 5.59. The van der Waals surface area contributed by atoms with Gasteiger partial charge in [-0.3, -0.25) is 0 Å². The van der Waals surface area contributed by atoms with Crippen molar-refractivity contribution in [1.29, 1.82) is 0 Å². The first-order chi connectivity index (χ1) is 7.66. The molecule has 0 aliphatic heterocycles. The van der Waals surface area contributed by atoms with Crippen LogP contribution in [0.2, 0.25) is 0 Å². The van der Waals surface area contributed by atoms with E-state index in [9.17, 15) is 0 Å². The Kier molecular flexibility index (Phi) is 3.15. The fraction of sp³-hybridized carbons (Fsp3) is 0.385. The molecule has 2 N–H and O–H groups in total. The summed E-state index contributed by atoms with van der Waals surface area (Å²) in [6, 6.07) is 6.49. The SMILES string of the molecule is Cc1cc(C(C)NCc2ccc[nH]2)c(C)o1. The minimum atomic E-state index is 0.306. The first kappa shape index (κ1) is 11.0. The fourth-order valence-electron chi connectivity index (χ4n) is 1.93. The monoisotopic (exact) mass is 218 g/mol. The van der Waals surface area contributed by atoms with Gasteiger partial charge in [-0.25, -0.2) is 0 Å². The second kappa shape index (κ2) is 4.58. The van der Waals surface area contributed by atoms with E-state index >= 15 is 0 Å². The van der Waals surface area contributed by atoms with Gasteiger partial charge in [0.05, 0.1) is 0 Å². The highest BCUT2D eigenvalue weighted by Gasteiger charge is 2.11. The number of nitrogens with one attached hydrogen (secondary N) is 2. The number of furan rings is 1. The molecule has 2 rings (SSSR count). The van der Waals surface area contributed by atoms with Crippen molar-refractivity contribution in [2.75, 3.05) is 0 Å². The Morgan fingerprint density at radius 1 is 1.44 bits per heavy atom. The van der Waals surface area contributed by atoms with E-state index in [-0.39, 0.29) is 0 Å². The van der Waals surface area contributed by atoms with Crippen molar-refractivity contribution in [2.45, 2.75) is 33.4 Å². The van der Waals surface area contributed by atoms with Crippen molar-refractivity contribution in [2.24, 2.45) is 0 Å². The molecule has 2 aromatic heterocycles. The molecule has 2 aromatic rings. The molecule has 0 aliphatic rings. The zero-order chi connectivity index (χ0) is 11.5. The van der Waals surface area contributed by atoms with E-state index in [2.05, 4.69) is 29.4 Å². The molecule has 2 heterocycles.